The number of methoxy groups -OCH3 is 1. The van der Waals surface area contributed by atoms with Gasteiger partial charge in [-0.3, -0.25) is 14.8 Å². The Hall–Kier alpha value is -4.69. The molecule has 2 aromatic carbocycles. The first-order valence-electron chi connectivity index (χ1n) is 25.0. The summed E-state index contributed by atoms with van der Waals surface area (Å²) in [6.45, 7) is 21.0. The van der Waals surface area contributed by atoms with Crippen molar-refractivity contribution in [1.82, 2.24) is 24.8 Å². The summed E-state index contributed by atoms with van der Waals surface area (Å²) in [4.78, 5) is 34.8. The molecule has 5 fully saturated rings. The Morgan fingerprint density at radius 1 is 0.957 bits per heavy atom. The molecule has 4 aliphatic heterocycles. The molecule has 5 aliphatic rings. The number of fused-ring (bicyclic) bond motifs is 5. The van der Waals surface area contributed by atoms with Crippen molar-refractivity contribution in [3.05, 3.63) is 47.7 Å². The average molecular weight is 971 g/mol. The minimum absolute atomic E-state index is 0.0491. The molecule has 0 spiro atoms. The molecule has 16 heteroatoms. The fourth-order valence-corrected chi connectivity index (χ4v) is 17.5. The fourth-order valence-electron chi connectivity index (χ4n) is 12.3. The first kappa shape index (κ1) is 49.3. The molecule has 372 valence electrons. The summed E-state index contributed by atoms with van der Waals surface area (Å²) in [5.74, 6) is 2.82. The standard InChI is InChI=1S/C53H69F3N6O6Si/c1-32(2)69(33(3)4,34(5)6)21-17-40-43(55)15-12-35-22-39(67-31-64-10)23-41(44(35)40)46-45(56)47-42(25-57-46)48(59-49(58-47)66-29-52-18-11-20-61(52)26-36(54)24-52)60-27-37-16-19-53(28-60,30-65-38-13-14-38)62(37)50(63)68-51(7,8)9/h12,15,22-23,25,32-34,36-38H,11,13-14,16,18-20,24,26-31H2,1-10H3/t36-,37?,52+,53?/m1/s1. The number of hydrogen-bond donors (Lipinski definition) is 0. The molecule has 2 aromatic heterocycles. The minimum atomic E-state index is -2.35. The van der Waals surface area contributed by atoms with Gasteiger partial charge in [0.1, 0.15) is 55.0 Å². The Labute approximate surface area is 406 Å². The highest BCUT2D eigenvalue weighted by atomic mass is 28.3. The third-order valence-corrected chi connectivity index (χ3v) is 21.8. The lowest BCUT2D eigenvalue weighted by Crippen LogP contribution is -2.66. The number of hydrogen-bond acceptors (Lipinski definition) is 11. The number of carbonyl (C=O) groups excluding carboxylic acids is 1. The summed E-state index contributed by atoms with van der Waals surface area (Å²) in [6, 6.07) is 6.15. The molecule has 1 aliphatic carbocycles. The van der Waals surface area contributed by atoms with E-state index < -0.39 is 48.7 Å². The Bertz CT molecular complexity index is 2650. The number of piperazine rings is 1. The number of ether oxygens (including phenoxy) is 5. The number of pyridine rings is 1. The zero-order valence-corrected chi connectivity index (χ0v) is 43.0. The number of rotatable bonds is 14. The van der Waals surface area contributed by atoms with Gasteiger partial charge in [-0.25, -0.2) is 18.0 Å². The highest BCUT2D eigenvalue weighted by molar-refractivity contribution is 6.90. The van der Waals surface area contributed by atoms with E-state index in [4.69, 9.17) is 38.6 Å². The quantitative estimate of drug-likeness (QED) is 0.0684. The molecular weight excluding hydrogens is 902 g/mol. The molecule has 0 radical (unpaired) electrons. The molecule has 2 bridgehead atoms. The summed E-state index contributed by atoms with van der Waals surface area (Å²) in [7, 11) is -0.836. The predicted octanol–water partition coefficient (Wildman–Crippen LogP) is 10.8. The zero-order valence-electron chi connectivity index (χ0n) is 42.0. The maximum atomic E-state index is 18.1. The minimum Gasteiger partial charge on any atom is -0.468 e. The first-order chi connectivity index (χ1) is 32.8. The van der Waals surface area contributed by atoms with Gasteiger partial charge in [0.2, 0.25) is 0 Å². The number of amides is 1. The largest absolute Gasteiger partial charge is 0.468 e. The fraction of sp³-hybridized carbons (Fsp3) is 0.623. The normalized spacial score (nSPS) is 23.9. The van der Waals surface area contributed by atoms with E-state index in [0.29, 0.717) is 89.9 Å². The van der Waals surface area contributed by atoms with Crippen molar-refractivity contribution in [3.8, 4) is 34.5 Å². The van der Waals surface area contributed by atoms with Crippen LogP contribution in [0.3, 0.4) is 0 Å². The molecule has 1 amide bonds. The van der Waals surface area contributed by atoms with Gasteiger partial charge in [-0.15, -0.1) is 5.54 Å². The van der Waals surface area contributed by atoms with Crippen LogP contribution in [0, 0.1) is 23.1 Å². The highest BCUT2D eigenvalue weighted by Gasteiger charge is 2.56. The lowest BCUT2D eigenvalue weighted by molar-refractivity contribution is -0.0366. The van der Waals surface area contributed by atoms with Crippen molar-refractivity contribution >= 4 is 41.7 Å². The summed E-state index contributed by atoms with van der Waals surface area (Å²) in [6.07, 6.45) is 5.68. The van der Waals surface area contributed by atoms with E-state index in [1.54, 1.807) is 24.4 Å². The van der Waals surface area contributed by atoms with Crippen molar-refractivity contribution in [2.45, 2.75) is 159 Å². The van der Waals surface area contributed by atoms with Crippen LogP contribution in [0.1, 0.15) is 113 Å². The van der Waals surface area contributed by atoms with E-state index in [2.05, 4.69) is 62.8 Å². The van der Waals surface area contributed by atoms with Gasteiger partial charge < -0.3 is 28.6 Å². The lowest BCUT2D eigenvalue weighted by Gasteiger charge is -2.49. The molecule has 6 heterocycles. The van der Waals surface area contributed by atoms with Crippen LogP contribution in [0.2, 0.25) is 16.6 Å². The van der Waals surface area contributed by atoms with Crippen LogP contribution in [-0.2, 0) is 14.2 Å². The number of benzene rings is 2. The third kappa shape index (κ3) is 9.26. The summed E-state index contributed by atoms with van der Waals surface area (Å²) < 4.78 is 79.8. The van der Waals surface area contributed by atoms with E-state index in [9.17, 15) is 9.18 Å². The van der Waals surface area contributed by atoms with Gasteiger partial charge in [0.15, 0.2) is 12.6 Å². The summed E-state index contributed by atoms with van der Waals surface area (Å²) in [5, 5.41) is 1.32. The highest BCUT2D eigenvalue weighted by Crippen LogP contribution is 2.47. The van der Waals surface area contributed by atoms with Crippen molar-refractivity contribution in [3.63, 3.8) is 0 Å². The zero-order chi connectivity index (χ0) is 49.2. The Balaban J connectivity index is 1.21. The van der Waals surface area contributed by atoms with Crippen LogP contribution in [0.4, 0.5) is 23.8 Å². The Morgan fingerprint density at radius 3 is 2.41 bits per heavy atom. The second kappa shape index (κ2) is 18.8. The second-order valence-corrected chi connectivity index (χ2v) is 27.8. The average Bonchev–Trinajstić information content (AvgIpc) is 3.90. The van der Waals surface area contributed by atoms with Crippen LogP contribution in [-0.4, -0.2) is 127 Å². The van der Waals surface area contributed by atoms with E-state index >= 15 is 8.78 Å². The third-order valence-electron chi connectivity index (χ3n) is 15.5. The SMILES string of the molecule is COCOc1cc(-c2ncc3c(N4CC5CCC(COC6CC6)(C4)N5C(=O)OC(C)(C)C)nc(OC[C@@]45CCCN4C[C@H](F)C5)nc3c2F)c2c(C#C[Si](C(C)C)(C(C)C)C(C)C)c(F)ccc2c1. The van der Waals surface area contributed by atoms with E-state index in [0.717, 1.165) is 32.2 Å². The number of alkyl halides is 1. The smallest absolute Gasteiger partial charge is 0.411 e. The van der Waals surface area contributed by atoms with Crippen LogP contribution < -0.4 is 14.4 Å². The molecule has 4 aromatic rings. The monoisotopic (exact) mass is 970 g/mol. The predicted molar refractivity (Wildman–Crippen MR) is 264 cm³/mol. The van der Waals surface area contributed by atoms with Crippen molar-refractivity contribution in [2.24, 2.45) is 0 Å². The van der Waals surface area contributed by atoms with Gasteiger partial charge in [0, 0.05) is 50.3 Å². The van der Waals surface area contributed by atoms with E-state index in [-0.39, 0.29) is 53.9 Å². The Kier molecular flexibility index (Phi) is 13.4. The number of nitrogens with zero attached hydrogens (tertiary/aromatic N) is 6. The van der Waals surface area contributed by atoms with Gasteiger partial charge >= 0.3 is 12.1 Å². The van der Waals surface area contributed by atoms with Gasteiger partial charge in [-0.05, 0) is 106 Å². The molecule has 69 heavy (non-hydrogen) atoms. The first-order valence-corrected chi connectivity index (χ1v) is 27.2. The van der Waals surface area contributed by atoms with Crippen LogP contribution in [0.15, 0.2) is 30.5 Å². The van der Waals surface area contributed by atoms with Crippen LogP contribution in [0.25, 0.3) is 32.9 Å². The van der Waals surface area contributed by atoms with Crippen molar-refractivity contribution in [1.29, 1.82) is 0 Å². The molecule has 1 saturated carbocycles. The van der Waals surface area contributed by atoms with Gasteiger partial charge in [0.25, 0.3) is 0 Å². The van der Waals surface area contributed by atoms with Crippen LogP contribution in [0.5, 0.6) is 11.8 Å². The number of aromatic nitrogens is 3. The van der Waals surface area contributed by atoms with E-state index in [1.807, 2.05) is 25.7 Å². The topological polar surface area (TPSA) is 112 Å². The Morgan fingerprint density at radius 2 is 1.71 bits per heavy atom. The maximum absolute atomic E-state index is 18.1. The molecule has 9 rings (SSSR count). The van der Waals surface area contributed by atoms with Gasteiger partial charge in [-0.1, -0.05) is 53.5 Å². The molecule has 4 saturated heterocycles. The van der Waals surface area contributed by atoms with Crippen molar-refractivity contribution in [2.75, 3.05) is 58.2 Å². The van der Waals surface area contributed by atoms with Gasteiger partial charge in [0.05, 0.1) is 40.8 Å². The van der Waals surface area contributed by atoms with Gasteiger partial charge in [-0.2, -0.15) is 9.97 Å². The summed E-state index contributed by atoms with van der Waals surface area (Å²) >= 11 is 0. The lowest BCUT2D eigenvalue weighted by atomic mass is 9.95. The second-order valence-electron chi connectivity index (χ2n) is 22.2. The molecular formula is C53H69F3N6O6Si. The molecule has 12 nitrogen and oxygen atoms in total. The van der Waals surface area contributed by atoms with Crippen molar-refractivity contribution < 1.29 is 41.7 Å². The molecule has 2 unspecified atom stereocenters. The maximum Gasteiger partial charge on any atom is 0.411 e. The number of halogens is 3. The molecule has 0 N–H and O–H groups in total. The van der Waals surface area contributed by atoms with Crippen LogP contribution >= 0.6 is 0 Å². The van der Waals surface area contributed by atoms with E-state index in [1.165, 1.54) is 13.2 Å². The number of carbonyl (C=O) groups is 1. The molecule has 4 atom stereocenters. The summed E-state index contributed by atoms with van der Waals surface area (Å²) in [5.41, 5.74) is 2.88. The number of anilines is 1.